The minimum absolute atomic E-state index is 0.0235. The van der Waals surface area contributed by atoms with Crippen molar-refractivity contribution in [3.8, 4) is 17.0 Å². The summed E-state index contributed by atoms with van der Waals surface area (Å²) < 4.78 is 11.0. The Morgan fingerprint density at radius 2 is 1.75 bits per heavy atom. The first-order chi connectivity index (χ1) is 13.5. The molecule has 1 aromatic heterocycles. The van der Waals surface area contributed by atoms with Gasteiger partial charge in [-0.3, -0.25) is 4.79 Å². The van der Waals surface area contributed by atoms with Crippen molar-refractivity contribution < 1.29 is 14.3 Å². The number of aromatic nitrogens is 1. The molecular weight excluding hydrogens is 352 g/mol. The van der Waals surface area contributed by atoms with E-state index in [1.54, 1.807) is 7.11 Å². The molecule has 0 spiro atoms. The summed E-state index contributed by atoms with van der Waals surface area (Å²) in [5, 5.41) is 0.872. The Morgan fingerprint density at radius 1 is 1.07 bits per heavy atom. The van der Waals surface area contributed by atoms with Crippen molar-refractivity contribution in [2.45, 2.75) is 26.1 Å². The summed E-state index contributed by atoms with van der Waals surface area (Å²) >= 11 is 0. The molecule has 0 aliphatic carbocycles. The van der Waals surface area contributed by atoms with E-state index in [1.165, 1.54) is 0 Å². The van der Waals surface area contributed by atoms with E-state index in [1.807, 2.05) is 73.3 Å². The summed E-state index contributed by atoms with van der Waals surface area (Å²) in [5.41, 5.74) is 3.22. The van der Waals surface area contributed by atoms with Gasteiger partial charge in [-0.1, -0.05) is 18.2 Å². The first-order valence-electron chi connectivity index (χ1n) is 9.54. The Morgan fingerprint density at radius 3 is 2.43 bits per heavy atom. The van der Waals surface area contributed by atoms with Crippen LogP contribution in [0.2, 0.25) is 0 Å². The summed E-state index contributed by atoms with van der Waals surface area (Å²) in [6, 6.07) is 17.4. The van der Waals surface area contributed by atoms with Gasteiger partial charge < -0.3 is 14.4 Å². The molecule has 1 fully saturated rings. The zero-order chi connectivity index (χ0) is 19.7. The second-order valence-electron chi connectivity index (χ2n) is 7.27. The monoisotopic (exact) mass is 376 g/mol. The van der Waals surface area contributed by atoms with Crippen LogP contribution in [0.5, 0.6) is 5.75 Å². The summed E-state index contributed by atoms with van der Waals surface area (Å²) in [4.78, 5) is 20.1. The second-order valence-corrected chi connectivity index (χ2v) is 7.27. The van der Waals surface area contributed by atoms with Crippen molar-refractivity contribution in [1.29, 1.82) is 0 Å². The van der Waals surface area contributed by atoms with Crippen LogP contribution >= 0.6 is 0 Å². The van der Waals surface area contributed by atoms with E-state index < -0.39 is 0 Å². The molecule has 2 aromatic carbocycles. The van der Waals surface area contributed by atoms with E-state index in [-0.39, 0.29) is 18.1 Å². The van der Waals surface area contributed by atoms with E-state index in [4.69, 9.17) is 14.5 Å². The summed E-state index contributed by atoms with van der Waals surface area (Å²) in [5.74, 6) is 0.812. The Kier molecular flexibility index (Phi) is 5.01. The van der Waals surface area contributed by atoms with Gasteiger partial charge >= 0.3 is 0 Å². The van der Waals surface area contributed by atoms with Crippen LogP contribution in [0.3, 0.4) is 0 Å². The number of hydrogen-bond donors (Lipinski definition) is 0. The minimum Gasteiger partial charge on any atom is -0.497 e. The Hall–Kier alpha value is -2.92. The number of nitrogens with zero attached hydrogens (tertiary/aromatic N) is 2. The van der Waals surface area contributed by atoms with E-state index >= 15 is 0 Å². The van der Waals surface area contributed by atoms with Crippen LogP contribution in [0.1, 0.15) is 24.2 Å². The fourth-order valence-electron chi connectivity index (χ4n) is 3.78. The molecule has 0 radical (unpaired) electrons. The highest BCUT2D eigenvalue weighted by molar-refractivity contribution is 6.07. The number of benzene rings is 2. The maximum atomic E-state index is 13.4. The number of carbonyl (C=O) groups is 1. The lowest BCUT2D eigenvalue weighted by molar-refractivity contribution is -0.0585. The third-order valence-electron chi connectivity index (χ3n) is 5.04. The molecule has 0 saturated carbocycles. The van der Waals surface area contributed by atoms with Crippen molar-refractivity contribution >= 4 is 16.8 Å². The predicted octanol–water partition coefficient (Wildman–Crippen LogP) is 4.16. The van der Waals surface area contributed by atoms with Gasteiger partial charge in [0.1, 0.15) is 5.75 Å². The number of para-hydroxylation sites is 1. The molecule has 0 unspecified atom stereocenters. The number of ether oxygens (including phenoxy) is 2. The maximum absolute atomic E-state index is 13.4. The summed E-state index contributed by atoms with van der Waals surface area (Å²) in [6.07, 6.45) is 0.0590. The zero-order valence-corrected chi connectivity index (χ0v) is 16.4. The lowest BCUT2D eigenvalue weighted by Crippen LogP contribution is -2.48. The number of amides is 1. The van der Waals surface area contributed by atoms with Crippen LogP contribution < -0.4 is 4.74 Å². The average Bonchev–Trinajstić information content (AvgIpc) is 2.71. The zero-order valence-electron chi connectivity index (χ0n) is 16.4. The Balaban J connectivity index is 1.79. The molecule has 28 heavy (non-hydrogen) atoms. The van der Waals surface area contributed by atoms with Crippen LogP contribution in [-0.4, -0.2) is 48.2 Å². The van der Waals surface area contributed by atoms with Crippen molar-refractivity contribution in [1.82, 2.24) is 9.88 Å². The molecule has 5 heteroatoms. The smallest absolute Gasteiger partial charge is 0.254 e. The third kappa shape index (κ3) is 3.58. The molecule has 1 saturated heterocycles. The number of rotatable bonds is 3. The molecule has 5 nitrogen and oxygen atoms in total. The van der Waals surface area contributed by atoms with Crippen LogP contribution in [0.25, 0.3) is 22.2 Å². The highest BCUT2D eigenvalue weighted by Gasteiger charge is 2.28. The molecule has 0 bridgehead atoms. The van der Waals surface area contributed by atoms with Gasteiger partial charge in [-0.15, -0.1) is 0 Å². The SMILES string of the molecule is COc1ccc(-c2cc(C(=O)N3C[C@@H](C)O[C@H](C)C3)c3ccccc3n2)cc1. The molecule has 2 heterocycles. The summed E-state index contributed by atoms with van der Waals surface area (Å²) in [6.45, 7) is 5.20. The topological polar surface area (TPSA) is 51.7 Å². The first-order valence-corrected chi connectivity index (χ1v) is 9.54. The molecule has 1 aliphatic heterocycles. The minimum atomic E-state index is 0.0235. The fraction of sp³-hybridized carbons (Fsp3) is 0.304. The Bertz CT molecular complexity index is 990. The van der Waals surface area contributed by atoms with E-state index in [2.05, 4.69) is 0 Å². The lowest BCUT2D eigenvalue weighted by atomic mass is 10.0. The quantitative estimate of drug-likeness (QED) is 0.689. The molecular formula is C23H24N2O3. The van der Waals surface area contributed by atoms with Crippen molar-refractivity contribution in [3.63, 3.8) is 0 Å². The van der Waals surface area contributed by atoms with Crippen molar-refractivity contribution in [3.05, 3.63) is 60.2 Å². The third-order valence-corrected chi connectivity index (χ3v) is 5.04. The first kappa shape index (κ1) is 18.4. The van der Waals surface area contributed by atoms with Gasteiger partial charge in [0.15, 0.2) is 0 Å². The molecule has 2 atom stereocenters. The van der Waals surface area contributed by atoms with Gasteiger partial charge in [-0.25, -0.2) is 4.98 Å². The van der Waals surface area contributed by atoms with Crippen LogP contribution in [0.15, 0.2) is 54.6 Å². The lowest BCUT2D eigenvalue weighted by Gasteiger charge is -2.35. The number of fused-ring (bicyclic) bond motifs is 1. The van der Waals surface area contributed by atoms with Crippen molar-refractivity contribution in [2.24, 2.45) is 0 Å². The molecule has 4 rings (SSSR count). The molecule has 1 aliphatic rings. The molecule has 0 N–H and O–H groups in total. The number of carbonyl (C=O) groups excluding carboxylic acids is 1. The maximum Gasteiger partial charge on any atom is 0.254 e. The van der Waals surface area contributed by atoms with Crippen LogP contribution in [0.4, 0.5) is 0 Å². The van der Waals surface area contributed by atoms with E-state index in [0.717, 1.165) is 27.9 Å². The number of pyridine rings is 1. The molecule has 144 valence electrons. The predicted molar refractivity (Wildman–Crippen MR) is 110 cm³/mol. The number of methoxy groups -OCH3 is 1. The Labute approximate surface area is 164 Å². The largest absolute Gasteiger partial charge is 0.497 e. The van der Waals surface area contributed by atoms with E-state index in [0.29, 0.717) is 18.7 Å². The van der Waals surface area contributed by atoms with Gasteiger partial charge in [-0.2, -0.15) is 0 Å². The summed E-state index contributed by atoms with van der Waals surface area (Å²) in [7, 11) is 1.64. The van der Waals surface area contributed by atoms with Gasteiger partial charge in [-0.05, 0) is 50.2 Å². The standard InChI is InChI=1S/C23H24N2O3/c1-15-13-25(14-16(2)28-15)23(26)20-12-22(17-8-10-18(27-3)11-9-17)24-21-7-5-4-6-19(20)21/h4-12,15-16H,13-14H2,1-3H3/t15-,16-/m1/s1. The van der Waals surface area contributed by atoms with E-state index in [9.17, 15) is 4.79 Å². The molecule has 3 aromatic rings. The second kappa shape index (κ2) is 7.60. The number of morpholine rings is 1. The normalized spacial score (nSPS) is 19.6. The van der Waals surface area contributed by atoms with Gasteiger partial charge in [0.05, 0.1) is 36.1 Å². The highest BCUT2D eigenvalue weighted by Crippen LogP contribution is 2.28. The van der Waals surface area contributed by atoms with Gasteiger partial charge in [0.2, 0.25) is 0 Å². The van der Waals surface area contributed by atoms with Crippen molar-refractivity contribution in [2.75, 3.05) is 20.2 Å². The molecule has 1 amide bonds. The van der Waals surface area contributed by atoms with Crippen LogP contribution in [0, 0.1) is 0 Å². The van der Waals surface area contributed by atoms with Crippen LogP contribution in [-0.2, 0) is 4.74 Å². The fourth-order valence-corrected chi connectivity index (χ4v) is 3.78. The number of hydrogen-bond acceptors (Lipinski definition) is 4. The van der Waals surface area contributed by atoms with Gasteiger partial charge in [0.25, 0.3) is 5.91 Å². The van der Waals surface area contributed by atoms with Gasteiger partial charge in [0, 0.05) is 24.0 Å². The highest BCUT2D eigenvalue weighted by atomic mass is 16.5. The average molecular weight is 376 g/mol.